The van der Waals surface area contributed by atoms with Crippen molar-refractivity contribution in [1.82, 2.24) is 0 Å². The lowest BCUT2D eigenvalue weighted by Gasteiger charge is -2.10. The topological polar surface area (TPSA) is 52.9 Å². The van der Waals surface area contributed by atoms with Crippen LogP contribution in [0.15, 0.2) is 59.1 Å². The Morgan fingerprint density at radius 2 is 1.89 bits per heavy atom. The first-order valence-electron chi connectivity index (χ1n) is 5.71. The van der Waals surface area contributed by atoms with Crippen LogP contribution in [0.25, 0.3) is 0 Å². The number of hydrogen-bond donors (Lipinski definition) is 1. The van der Waals surface area contributed by atoms with E-state index >= 15 is 0 Å². The average Bonchev–Trinajstić information content (AvgIpc) is 2.41. The zero-order chi connectivity index (χ0) is 13.7. The molecule has 0 radical (unpaired) electrons. The predicted octanol–water partition coefficient (Wildman–Crippen LogP) is 3.69. The molecule has 0 heterocycles. The third-order valence-corrected chi connectivity index (χ3v) is 3.11. The van der Waals surface area contributed by atoms with Crippen LogP contribution in [0.2, 0.25) is 0 Å². The molecule has 4 heteroatoms. The zero-order valence-corrected chi connectivity index (χ0v) is 11.6. The molecule has 0 bridgehead atoms. The van der Waals surface area contributed by atoms with Crippen molar-refractivity contribution < 1.29 is 4.79 Å². The fourth-order valence-corrected chi connectivity index (χ4v) is 2.11. The molecule has 94 valence electrons. The molecule has 0 spiro atoms. The van der Waals surface area contributed by atoms with E-state index in [1.54, 1.807) is 24.3 Å². The molecule has 0 aliphatic rings. The van der Waals surface area contributed by atoms with E-state index in [0.29, 0.717) is 11.3 Å². The fraction of sp³-hybridized carbons (Fsp3) is 0.0667. The Hall–Kier alpha value is -2.12. The number of carbonyl (C=O) groups excluding carboxylic acids is 1. The Balaban J connectivity index is 2.17. The van der Waals surface area contributed by atoms with Crippen LogP contribution in [-0.4, -0.2) is 5.91 Å². The third-order valence-electron chi connectivity index (χ3n) is 2.62. The van der Waals surface area contributed by atoms with E-state index in [-0.39, 0.29) is 5.91 Å². The molecule has 2 aromatic carbocycles. The van der Waals surface area contributed by atoms with Crippen LogP contribution in [0.4, 0.5) is 5.69 Å². The number of nitriles is 1. The number of rotatable bonds is 3. The molecule has 1 unspecified atom stereocenters. The predicted molar refractivity (Wildman–Crippen MR) is 77.6 cm³/mol. The fourth-order valence-electron chi connectivity index (χ4n) is 1.71. The monoisotopic (exact) mass is 314 g/mol. The summed E-state index contributed by atoms with van der Waals surface area (Å²) in [4.78, 5) is 12.1. The molecule has 0 aliphatic heterocycles. The molecule has 19 heavy (non-hydrogen) atoms. The van der Waals surface area contributed by atoms with E-state index in [0.717, 1.165) is 4.47 Å². The Morgan fingerprint density at radius 3 is 2.53 bits per heavy atom. The SMILES string of the molecule is N#CC(C(=O)Nc1cccc(Br)c1)c1ccccc1. The first-order chi connectivity index (χ1) is 9.20. The highest BCUT2D eigenvalue weighted by Gasteiger charge is 2.19. The Labute approximate surface area is 120 Å². The number of nitrogens with one attached hydrogen (secondary N) is 1. The van der Waals surface area contributed by atoms with Gasteiger partial charge in [0.15, 0.2) is 5.92 Å². The summed E-state index contributed by atoms with van der Waals surface area (Å²) in [6, 6.07) is 18.3. The lowest BCUT2D eigenvalue weighted by atomic mass is 10.00. The molecule has 0 aliphatic carbocycles. The number of anilines is 1. The summed E-state index contributed by atoms with van der Waals surface area (Å²) >= 11 is 3.33. The van der Waals surface area contributed by atoms with Gasteiger partial charge in [-0.25, -0.2) is 0 Å². The molecular formula is C15H11BrN2O. The summed E-state index contributed by atoms with van der Waals surface area (Å²) in [6.45, 7) is 0. The summed E-state index contributed by atoms with van der Waals surface area (Å²) in [5.74, 6) is -1.13. The first-order valence-corrected chi connectivity index (χ1v) is 6.51. The maximum Gasteiger partial charge on any atom is 0.246 e. The molecule has 1 atom stereocenters. The second-order valence-corrected chi connectivity index (χ2v) is 4.89. The number of benzene rings is 2. The minimum atomic E-state index is -0.805. The molecule has 0 saturated heterocycles. The van der Waals surface area contributed by atoms with Gasteiger partial charge in [-0.1, -0.05) is 52.3 Å². The normalized spacial score (nSPS) is 11.4. The molecule has 1 amide bonds. The van der Waals surface area contributed by atoms with E-state index in [1.807, 2.05) is 36.4 Å². The number of nitrogens with zero attached hydrogens (tertiary/aromatic N) is 1. The van der Waals surface area contributed by atoms with Gasteiger partial charge in [0, 0.05) is 10.2 Å². The van der Waals surface area contributed by atoms with Crippen LogP contribution in [0.3, 0.4) is 0 Å². The van der Waals surface area contributed by atoms with Crippen molar-refractivity contribution in [2.24, 2.45) is 0 Å². The highest BCUT2D eigenvalue weighted by atomic mass is 79.9. The van der Waals surface area contributed by atoms with E-state index in [2.05, 4.69) is 21.2 Å². The maximum atomic E-state index is 12.1. The molecule has 2 aromatic rings. The molecular weight excluding hydrogens is 304 g/mol. The quantitative estimate of drug-likeness (QED) is 0.939. The minimum Gasteiger partial charge on any atom is -0.325 e. The van der Waals surface area contributed by atoms with Gasteiger partial charge in [0.25, 0.3) is 0 Å². The van der Waals surface area contributed by atoms with Gasteiger partial charge in [-0.2, -0.15) is 5.26 Å². The number of amides is 1. The Bertz CT molecular complexity index is 620. The summed E-state index contributed by atoms with van der Waals surface area (Å²) < 4.78 is 0.874. The molecule has 0 fully saturated rings. The van der Waals surface area contributed by atoms with Gasteiger partial charge in [0.1, 0.15) is 0 Å². The summed E-state index contributed by atoms with van der Waals surface area (Å²) in [6.07, 6.45) is 0. The lowest BCUT2D eigenvalue weighted by molar-refractivity contribution is -0.116. The molecule has 2 rings (SSSR count). The Kier molecular flexibility index (Phi) is 4.32. The van der Waals surface area contributed by atoms with Crippen molar-refractivity contribution in [3.05, 3.63) is 64.6 Å². The van der Waals surface area contributed by atoms with Crippen molar-refractivity contribution in [1.29, 1.82) is 5.26 Å². The van der Waals surface area contributed by atoms with Crippen molar-refractivity contribution in [2.75, 3.05) is 5.32 Å². The molecule has 0 saturated carbocycles. The van der Waals surface area contributed by atoms with Crippen molar-refractivity contribution in [3.8, 4) is 6.07 Å². The summed E-state index contributed by atoms with van der Waals surface area (Å²) in [5.41, 5.74) is 1.35. The van der Waals surface area contributed by atoms with Crippen molar-refractivity contribution in [2.45, 2.75) is 5.92 Å². The first kappa shape index (κ1) is 13.3. The zero-order valence-electron chi connectivity index (χ0n) is 10.0. The highest BCUT2D eigenvalue weighted by Crippen LogP contribution is 2.20. The second kappa shape index (κ2) is 6.17. The van der Waals surface area contributed by atoms with Gasteiger partial charge in [-0.3, -0.25) is 4.79 Å². The van der Waals surface area contributed by atoms with Gasteiger partial charge in [0.2, 0.25) is 5.91 Å². The standard InChI is InChI=1S/C15H11BrN2O/c16-12-7-4-8-13(9-12)18-15(19)14(10-17)11-5-2-1-3-6-11/h1-9,14H,(H,18,19). The van der Waals surface area contributed by atoms with Crippen LogP contribution in [0.5, 0.6) is 0 Å². The van der Waals surface area contributed by atoms with Gasteiger partial charge in [-0.15, -0.1) is 0 Å². The number of carbonyl (C=O) groups is 1. The van der Waals surface area contributed by atoms with E-state index < -0.39 is 5.92 Å². The highest BCUT2D eigenvalue weighted by molar-refractivity contribution is 9.10. The largest absolute Gasteiger partial charge is 0.325 e. The average molecular weight is 315 g/mol. The van der Waals surface area contributed by atoms with E-state index in [1.165, 1.54) is 0 Å². The van der Waals surface area contributed by atoms with Crippen LogP contribution in [-0.2, 0) is 4.79 Å². The third kappa shape index (κ3) is 3.43. The van der Waals surface area contributed by atoms with Gasteiger partial charge < -0.3 is 5.32 Å². The summed E-state index contributed by atoms with van der Waals surface area (Å²) in [5, 5.41) is 11.9. The molecule has 0 aromatic heterocycles. The van der Waals surface area contributed by atoms with Crippen LogP contribution < -0.4 is 5.32 Å². The minimum absolute atomic E-state index is 0.327. The second-order valence-electron chi connectivity index (χ2n) is 3.97. The van der Waals surface area contributed by atoms with Crippen molar-refractivity contribution in [3.63, 3.8) is 0 Å². The van der Waals surface area contributed by atoms with E-state index in [4.69, 9.17) is 5.26 Å². The molecule has 1 N–H and O–H groups in total. The maximum absolute atomic E-state index is 12.1. The smallest absolute Gasteiger partial charge is 0.246 e. The van der Waals surface area contributed by atoms with Crippen molar-refractivity contribution >= 4 is 27.5 Å². The van der Waals surface area contributed by atoms with Crippen LogP contribution in [0.1, 0.15) is 11.5 Å². The lowest BCUT2D eigenvalue weighted by Crippen LogP contribution is -2.19. The van der Waals surface area contributed by atoms with Gasteiger partial charge in [-0.05, 0) is 23.8 Å². The number of halogens is 1. The molecule has 3 nitrogen and oxygen atoms in total. The van der Waals surface area contributed by atoms with Gasteiger partial charge in [0.05, 0.1) is 6.07 Å². The Morgan fingerprint density at radius 1 is 1.16 bits per heavy atom. The number of hydrogen-bond acceptors (Lipinski definition) is 2. The van der Waals surface area contributed by atoms with Crippen LogP contribution in [0, 0.1) is 11.3 Å². The van der Waals surface area contributed by atoms with Crippen LogP contribution >= 0.6 is 15.9 Å². The summed E-state index contributed by atoms with van der Waals surface area (Å²) in [7, 11) is 0. The van der Waals surface area contributed by atoms with Gasteiger partial charge >= 0.3 is 0 Å². The van der Waals surface area contributed by atoms with E-state index in [9.17, 15) is 4.79 Å².